The van der Waals surface area contributed by atoms with Gasteiger partial charge in [0.05, 0.1) is 30.9 Å². The fraction of sp³-hybridized carbons (Fsp3) is 0.0526. The maximum absolute atomic E-state index is 12.3. The molecule has 1 aromatic heterocycles. The number of hydrogen-bond acceptors (Lipinski definition) is 3. The number of fused-ring (bicyclic) bond motifs is 1. The van der Waals surface area contributed by atoms with E-state index in [9.17, 15) is 4.79 Å². The summed E-state index contributed by atoms with van der Waals surface area (Å²) in [6.07, 6.45) is 5.07. The number of hydrogen-bond donors (Lipinski definition) is 2. The molecule has 2 N–H and O–H groups in total. The fourth-order valence-corrected chi connectivity index (χ4v) is 2.89. The first-order valence-corrected chi connectivity index (χ1v) is 7.55. The second-order valence-corrected chi connectivity index (χ2v) is 5.48. The number of para-hydroxylation sites is 1. The maximum Gasteiger partial charge on any atom is 0.256 e. The Morgan fingerprint density at radius 1 is 1.12 bits per heavy atom. The lowest BCUT2D eigenvalue weighted by Gasteiger charge is -2.09. The van der Waals surface area contributed by atoms with E-state index in [1.54, 1.807) is 25.7 Å². The van der Waals surface area contributed by atoms with Crippen molar-refractivity contribution in [1.82, 2.24) is 9.97 Å². The second-order valence-electron chi connectivity index (χ2n) is 5.48. The zero-order valence-electron chi connectivity index (χ0n) is 13.0. The number of carbonyl (C=O) groups excluding carboxylic acids is 1. The van der Waals surface area contributed by atoms with Crippen molar-refractivity contribution in [3.8, 4) is 16.9 Å². The molecule has 1 amide bonds. The summed E-state index contributed by atoms with van der Waals surface area (Å²) in [7, 11) is 1.65. The van der Waals surface area contributed by atoms with Gasteiger partial charge in [-0.3, -0.25) is 4.79 Å². The van der Waals surface area contributed by atoms with Gasteiger partial charge in [-0.1, -0.05) is 30.3 Å². The predicted octanol–water partition coefficient (Wildman–Crippen LogP) is 3.58. The minimum atomic E-state index is -0.114. The number of amides is 1. The quantitative estimate of drug-likeness (QED) is 0.726. The first-order valence-electron chi connectivity index (χ1n) is 7.55. The molecule has 3 aromatic rings. The number of nitrogens with zero attached hydrogens (tertiary/aromatic N) is 1. The van der Waals surface area contributed by atoms with Crippen molar-refractivity contribution in [2.45, 2.75) is 0 Å². The fourth-order valence-electron chi connectivity index (χ4n) is 2.89. The molecule has 0 saturated carbocycles. The van der Waals surface area contributed by atoms with Crippen LogP contribution in [0.2, 0.25) is 0 Å². The Bertz CT molecular complexity index is 943. The Morgan fingerprint density at radius 3 is 2.79 bits per heavy atom. The summed E-state index contributed by atoms with van der Waals surface area (Å²) in [6, 6.07) is 13.7. The molecule has 1 aliphatic rings. The number of aromatic amines is 1. The Hall–Kier alpha value is -3.34. The van der Waals surface area contributed by atoms with Crippen LogP contribution in [0.15, 0.2) is 55.0 Å². The lowest BCUT2D eigenvalue weighted by molar-refractivity contribution is -0.110. The molecule has 0 spiro atoms. The third-order valence-electron chi connectivity index (χ3n) is 4.04. The standard InChI is InChI=1S/C19H15N3O2/c1-24-18-5-3-2-4-14(18)12-6-7-15-16(9-13-10-20-11-21-13)19(23)22-17(15)8-12/h2-11H,1H3,(H,20,21)(H,22,23)/b16-9-. The van der Waals surface area contributed by atoms with E-state index >= 15 is 0 Å². The summed E-state index contributed by atoms with van der Waals surface area (Å²) < 4.78 is 5.42. The Kier molecular flexibility index (Phi) is 3.39. The number of nitrogens with one attached hydrogen (secondary N) is 2. The molecule has 5 heteroatoms. The number of benzene rings is 2. The Balaban J connectivity index is 1.78. The van der Waals surface area contributed by atoms with E-state index in [1.165, 1.54) is 0 Å². The molecule has 0 saturated heterocycles. The molecule has 118 valence electrons. The maximum atomic E-state index is 12.3. The minimum absolute atomic E-state index is 0.114. The molecule has 0 atom stereocenters. The van der Waals surface area contributed by atoms with Crippen molar-refractivity contribution in [3.63, 3.8) is 0 Å². The predicted molar refractivity (Wildman–Crippen MR) is 93.5 cm³/mol. The summed E-state index contributed by atoms with van der Waals surface area (Å²) in [5, 5.41) is 2.93. The van der Waals surface area contributed by atoms with Crippen LogP contribution in [0.5, 0.6) is 5.75 Å². The van der Waals surface area contributed by atoms with Crippen LogP contribution in [0.3, 0.4) is 0 Å². The number of imidazole rings is 1. The molecule has 0 bridgehead atoms. The molecule has 5 nitrogen and oxygen atoms in total. The van der Waals surface area contributed by atoms with Crippen molar-refractivity contribution in [1.29, 1.82) is 0 Å². The highest BCUT2D eigenvalue weighted by Gasteiger charge is 2.24. The summed E-state index contributed by atoms with van der Waals surface area (Å²) in [4.78, 5) is 19.2. The van der Waals surface area contributed by atoms with Gasteiger partial charge in [-0.15, -0.1) is 0 Å². The van der Waals surface area contributed by atoms with Crippen molar-refractivity contribution in [2.75, 3.05) is 12.4 Å². The van der Waals surface area contributed by atoms with Gasteiger partial charge >= 0.3 is 0 Å². The van der Waals surface area contributed by atoms with Crippen LogP contribution in [0.1, 0.15) is 11.3 Å². The number of aromatic nitrogens is 2. The summed E-state index contributed by atoms with van der Waals surface area (Å²) >= 11 is 0. The average Bonchev–Trinajstić information content (AvgIpc) is 3.23. The van der Waals surface area contributed by atoms with E-state index < -0.39 is 0 Å². The first-order chi connectivity index (χ1) is 11.8. The van der Waals surface area contributed by atoms with Gasteiger partial charge in [0.1, 0.15) is 5.75 Å². The zero-order valence-corrected chi connectivity index (χ0v) is 13.0. The molecule has 4 rings (SSSR count). The van der Waals surface area contributed by atoms with Crippen molar-refractivity contribution >= 4 is 23.2 Å². The van der Waals surface area contributed by atoms with E-state index in [0.29, 0.717) is 5.57 Å². The third-order valence-corrected chi connectivity index (χ3v) is 4.04. The molecule has 0 fully saturated rings. The Morgan fingerprint density at radius 2 is 2.00 bits per heavy atom. The van der Waals surface area contributed by atoms with Crippen LogP contribution in [-0.4, -0.2) is 23.0 Å². The number of rotatable bonds is 3. The monoisotopic (exact) mass is 317 g/mol. The van der Waals surface area contributed by atoms with Crippen molar-refractivity contribution in [3.05, 3.63) is 66.2 Å². The van der Waals surface area contributed by atoms with Gasteiger partial charge in [-0.05, 0) is 23.8 Å². The van der Waals surface area contributed by atoms with Gasteiger partial charge in [0.25, 0.3) is 5.91 Å². The van der Waals surface area contributed by atoms with Crippen LogP contribution < -0.4 is 10.1 Å². The first kappa shape index (κ1) is 14.3. The van der Waals surface area contributed by atoms with Crippen LogP contribution in [0.25, 0.3) is 22.8 Å². The van der Waals surface area contributed by atoms with Crippen LogP contribution >= 0.6 is 0 Å². The molecular weight excluding hydrogens is 302 g/mol. The van der Waals surface area contributed by atoms with E-state index in [0.717, 1.165) is 33.8 Å². The lowest BCUT2D eigenvalue weighted by atomic mass is 9.99. The van der Waals surface area contributed by atoms with Crippen LogP contribution in [-0.2, 0) is 4.79 Å². The molecule has 2 heterocycles. The van der Waals surface area contributed by atoms with Crippen molar-refractivity contribution in [2.24, 2.45) is 0 Å². The van der Waals surface area contributed by atoms with E-state index in [4.69, 9.17) is 4.74 Å². The topological polar surface area (TPSA) is 67.0 Å². The SMILES string of the molecule is COc1ccccc1-c1ccc2c(c1)NC(=O)/C2=C\c1cnc[nH]1. The lowest BCUT2D eigenvalue weighted by Crippen LogP contribution is -2.03. The molecular formula is C19H15N3O2. The second kappa shape index (κ2) is 5.70. The molecule has 24 heavy (non-hydrogen) atoms. The highest BCUT2D eigenvalue weighted by Crippen LogP contribution is 2.38. The average molecular weight is 317 g/mol. The smallest absolute Gasteiger partial charge is 0.256 e. The molecule has 2 aromatic carbocycles. The van der Waals surface area contributed by atoms with E-state index in [1.807, 2.05) is 42.5 Å². The van der Waals surface area contributed by atoms with Gasteiger partial charge in [-0.25, -0.2) is 4.98 Å². The number of ether oxygens (including phenoxy) is 1. The van der Waals surface area contributed by atoms with Gasteiger partial charge in [0.2, 0.25) is 0 Å². The highest BCUT2D eigenvalue weighted by atomic mass is 16.5. The van der Waals surface area contributed by atoms with E-state index in [2.05, 4.69) is 15.3 Å². The third kappa shape index (κ3) is 2.36. The zero-order chi connectivity index (χ0) is 16.5. The number of carbonyl (C=O) groups is 1. The van der Waals surface area contributed by atoms with E-state index in [-0.39, 0.29) is 5.91 Å². The normalized spacial score (nSPS) is 14.5. The number of anilines is 1. The van der Waals surface area contributed by atoms with Crippen LogP contribution in [0, 0.1) is 0 Å². The van der Waals surface area contributed by atoms with Crippen molar-refractivity contribution < 1.29 is 9.53 Å². The summed E-state index contributed by atoms with van der Waals surface area (Å²) in [6.45, 7) is 0. The molecule has 0 radical (unpaired) electrons. The highest BCUT2D eigenvalue weighted by molar-refractivity contribution is 6.35. The van der Waals surface area contributed by atoms with Gasteiger partial charge in [-0.2, -0.15) is 0 Å². The minimum Gasteiger partial charge on any atom is -0.496 e. The molecule has 1 aliphatic heterocycles. The van der Waals surface area contributed by atoms with Gasteiger partial charge in [0, 0.05) is 16.8 Å². The summed E-state index contributed by atoms with van der Waals surface area (Å²) in [5.41, 5.74) is 5.09. The number of methoxy groups -OCH3 is 1. The van der Waals surface area contributed by atoms with Crippen LogP contribution in [0.4, 0.5) is 5.69 Å². The number of H-pyrrole nitrogens is 1. The molecule has 0 aliphatic carbocycles. The molecule has 0 unspecified atom stereocenters. The van der Waals surface area contributed by atoms with Gasteiger partial charge < -0.3 is 15.0 Å². The van der Waals surface area contributed by atoms with Gasteiger partial charge in [0.15, 0.2) is 0 Å². The summed E-state index contributed by atoms with van der Waals surface area (Å²) in [5.74, 6) is 0.687. The largest absolute Gasteiger partial charge is 0.496 e. The Labute approximate surface area is 139 Å².